The standard InChI is InChI=1S/C15H22/c1-2-4-6-8-10-12-14-15-13-11-9-7-5-3-1/h1-8H,9-15H2/b3-1-,4-2-,7-5-,8-6-. The lowest BCUT2D eigenvalue weighted by molar-refractivity contribution is 0.622. The summed E-state index contributed by atoms with van der Waals surface area (Å²) in [6.07, 6.45) is 26.5. The molecule has 0 bridgehead atoms. The average molecular weight is 202 g/mol. The topological polar surface area (TPSA) is 0 Å². The molecule has 1 aliphatic rings. The van der Waals surface area contributed by atoms with E-state index in [1.165, 1.54) is 44.9 Å². The predicted molar refractivity (Wildman–Crippen MR) is 68.9 cm³/mol. The van der Waals surface area contributed by atoms with Crippen LogP contribution in [0.1, 0.15) is 44.9 Å². The van der Waals surface area contributed by atoms with Crippen molar-refractivity contribution in [3.63, 3.8) is 0 Å². The lowest BCUT2D eigenvalue weighted by Crippen LogP contribution is -1.77. The highest BCUT2D eigenvalue weighted by Gasteiger charge is 1.88. The summed E-state index contributed by atoms with van der Waals surface area (Å²) in [4.78, 5) is 0. The van der Waals surface area contributed by atoms with E-state index < -0.39 is 0 Å². The molecular formula is C15H22. The Morgan fingerprint density at radius 2 is 0.800 bits per heavy atom. The molecular weight excluding hydrogens is 180 g/mol. The van der Waals surface area contributed by atoms with E-state index in [2.05, 4.69) is 48.6 Å². The van der Waals surface area contributed by atoms with Crippen LogP contribution in [0.25, 0.3) is 0 Å². The molecule has 0 fully saturated rings. The van der Waals surface area contributed by atoms with Gasteiger partial charge in [-0.3, -0.25) is 0 Å². The average Bonchev–Trinajstić information content (AvgIpc) is 2.27. The van der Waals surface area contributed by atoms with E-state index in [1.54, 1.807) is 0 Å². The first-order chi connectivity index (χ1) is 7.50. The molecule has 1 rings (SSSR count). The molecule has 0 N–H and O–H groups in total. The molecule has 0 spiro atoms. The molecule has 0 aromatic carbocycles. The molecule has 1 aliphatic carbocycles. The van der Waals surface area contributed by atoms with Gasteiger partial charge in [0.1, 0.15) is 0 Å². The third kappa shape index (κ3) is 7.99. The lowest BCUT2D eigenvalue weighted by Gasteiger charge is -1.97. The van der Waals surface area contributed by atoms with Crippen molar-refractivity contribution in [2.45, 2.75) is 44.9 Å². The molecule has 0 aliphatic heterocycles. The van der Waals surface area contributed by atoms with E-state index in [0.29, 0.717) is 0 Å². The highest BCUT2D eigenvalue weighted by atomic mass is 13.9. The zero-order chi connectivity index (χ0) is 10.6. The van der Waals surface area contributed by atoms with Gasteiger partial charge in [0.15, 0.2) is 0 Å². The maximum absolute atomic E-state index is 2.26. The van der Waals surface area contributed by atoms with Crippen molar-refractivity contribution in [2.24, 2.45) is 0 Å². The minimum absolute atomic E-state index is 1.23. The lowest BCUT2D eigenvalue weighted by atomic mass is 10.1. The van der Waals surface area contributed by atoms with Crippen molar-refractivity contribution in [3.05, 3.63) is 48.6 Å². The Balaban J connectivity index is 2.34. The van der Waals surface area contributed by atoms with Gasteiger partial charge in [0.05, 0.1) is 0 Å². The van der Waals surface area contributed by atoms with Gasteiger partial charge in [-0.2, -0.15) is 0 Å². The van der Waals surface area contributed by atoms with Crippen LogP contribution in [0.15, 0.2) is 48.6 Å². The predicted octanol–water partition coefficient (Wildman–Crippen LogP) is 4.96. The molecule has 0 saturated heterocycles. The van der Waals surface area contributed by atoms with Crippen LogP contribution >= 0.6 is 0 Å². The Morgan fingerprint density at radius 3 is 1.33 bits per heavy atom. The minimum Gasteiger partial charge on any atom is -0.0845 e. The summed E-state index contributed by atoms with van der Waals surface area (Å²) in [6.45, 7) is 0. The van der Waals surface area contributed by atoms with E-state index in [1.807, 2.05) is 0 Å². The van der Waals surface area contributed by atoms with Crippen molar-refractivity contribution in [3.8, 4) is 0 Å². The summed E-state index contributed by atoms with van der Waals surface area (Å²) in [5.41, 5.74) is 0. The first kappa shape index (κ1) is 12.0. The molecule has 0 heterocycles. The second kappa shape index (κ2) is 9.51. The van der Waals surface area contributed by atoms with Gasteiger partial charge in [-0.1, -0.05) is 67.9 Å². The highest BCUT2D eigenvalue weighted by molar-refractivity contribution is 5.15. The Hall–Kier alpha value is -1.04. The number of rotatable bonds is 0. The first-order valence-electron chi connectivity index (χ1n) is 6.15. The largest absolute Gasteiger partial charge is 0.0845 e. The van der Waals surface area contributed by atoms with E-state index in [-0.39, 0.29) is 0 Å². The summed E-state index contributed by atoms with van der Waals surface area (Å²) in [5, 5.41) is 0. The fourth-order valence-corrected chi connectivity index (χ4v) is 1.66. The van der Waals surface area contributed by atoms with Gasteiger partial charge in [0, 0.05) is 0 Å². The normalized spacial score (nSPS) is 28.3. The van der Waals surface area contributed by atoms with Crippen molar-refractivity contribution in [1.29, 1.82) is 0 Å². The van der Waals surface area contributed by atoms with E-state index in [0.717, 1.165) is 0 Å². The van der Waals surface area contributed by atoms with Crippen molar-refractivity contribution in [1.82, 2.24) is 0 Å². The van der Waals surface area contributed by atoms with Crippen LogP contribution in [-0.2, 0) is 0 Å². The van der Waals surface area contributed by atoms with Crippen LogP contribution in [-0.4, -0.2) is 0 Å². The number of allylic oxidation sites excluding steroid dienone is 8. The SMILES string of the molecule is C1=C\C=C/CCCCCCC/C=C\C=C/1. The first-order valence-corrected chi connectivity index (χ1v) is 6.15. The number of hydrogen-bond donors (Lipinski definition) is 0. The Bertz CT molecular complexity index is 215. The van der Waals surface area contributed by atoms with E-state index in [9.17, 15) is 0 Å². The Labute approximate surface area is 94.1 Å². The summed E-state index contributed by atoms with van der Waals surface area (Å²) >= 11 is 0. The quantitative estimate of drug-likeness (QED) is 0.521. The van der Waals surface area contributed by atoms with Crippen molar-refractivity contribution >= 4 is 0 Å². The fourth-order valence-electron chi connectivity index (χ4n) is 1.66. The van der Waals surface area contributed by atoms with Crippen LogP contribution in [0.4, 0.5) is 0 Å². The summed E-state index contributed by atoms with van der Waals surface area (Å²) in [7, 11) is 0. The minimum atomic E-state index is 1.23. The van der Waals surface area contributed by atoms with Crippen LogP contribution in [0.3, 0.4) is 0 Å². The van der Waals surface area contributed by atoms with Crippen LogP contribution in [0, 0.1) is 0 Å². The fraction of sp³-hybridized carbons (Fsp3) is 0.467. The molecule has 82 valence electrons. The molecule has 15 heavy (non-hydrogen) atoms. The summed E-state index contributed by atoms with van der Waals surface area (Å²) in [6, 6.07) is 0. The molecule has 0 heteroatoms. The second-order valence-electron chi connectivity index (χ2n) is 3.97. The maximum atomic E-state index is 2.26. The van der Waals surface area contributed by atoms with Crippen molar-refractivity contribution < 1.29 is 0 Å². The van der Waals surface area contributed by atoms with Gasteiger partial charge >= 0.3 is 0 Å². The van der Waals surface area contributed by atoms with E-state index >= 15 is 0 Å². The van der Waals surface area contributed by atoms with Gasteiger partial charge in [-0.15, -0.1) is 0 Å². The zero-order valence-corrected chi connectivity index (χ0v) is 9.57. The molecule has 0 aromatic rings. The Kier molecular flexibility index (Phi) is 7.63. The third-order valence-corrected chi connectivity index (χ3v) is 2.57. The molecule has 0 nitrogen and oxygen atoms in total. The molecule has 0 aromatic heterocycles. The van der Waals surface area contributed by atoms with Crippen LogP contribution in [0.5, 0.6) is 0 Å². The van der Waals surface area contributed by atoms with Crippen molar-refractivity contribution in [2.75, 3.05) is 0 Å². The van der Waals surface area contributed by atoms with Gasteiger partial charge in [0.2, 0.25) is 0 Å². The summed E-state index contributed by atoms with van der Waals surface area (Å²) < 4.78 is 0. The third-order valence-electron chi connectivity index (χ3n) is 2.57. The van der Waals surface area contributed by atoms with Gasteiger partial charge in [-0.05, 0) is 25.7 Å². The zero-order valence-electron chi connectivity index (χ0n) is 9.57. The molecule has 0 amide bonds. The van der Waals surface area contributed by atoms with Gasteiger partial charge in [-0.25, -0.2) is 0 Å². The van der Waals surface area contributed by atoms with Crippen LogP contribution in [0.2, 0.25) is 0 Å². The smallest absolute Gasteiger partial charge is 0.0348 e. The van der Waals surface area contributed by atoms with Crippen LogP contribution < -0.4 is 0 Å². The van der Waals surface area contributed by atoms with E-state index in [4.69, 9.17) is 0 Å². The molecule has 0 unspecified atom stereocenters. The second-order valence-corrected chi connectivity index (χ2v) is 3.97. The Morgan fingerprint density at radius 1 is 0.400 bits per heavy atom. The molecule has 0 saturated carbocycles. The molecule has 0 radical (unpaired) electrons. The molecule has 0 atom stereocenters. The number of hydrogen-bond acceptors (Lipinski definition) is 0. The monoisotopic (exact) mass is 202 g/mol. The highest BCUT2D eigenvalue weighted by Crippen LogP contribution is 2.08. The summed E-state index contributed by atoms with van der Waals surface area (Å²) in [5.74, 6) is 0. The van der Waals surface area contributed by atoms with Gasteiger partial charge < -0.3 is 0 Å². The maximum Gasteiger partial charge on any atom is -0.0348 e. The van der Waals surface area contributed by atoms with Gasteiger partial charge in [0.25, 0.3) is 0 Å².